The Kier molecular flexibility index (Phi) is 4.65. The summed E-state index contributed by atoms with van der Waals surface area (Å²) in [4.78, 5) is 0.417. The molecular weight excluding hydrogens is 372 g/mol. The molecule has 2 aromatic rings. The molecule has 0 heterocycles. The lowest BCUT2D eigenvalue weighted by molar-refractivity contribution is 0.601. The van der Waals surface area contributed by atoms with Crippen LogP contribution in [0.4, 0.5) is 5.69 Å². The number of hydrogen-bond acceptors (Lipinski definition) is 3. The van der Waals surface area contributed by atoms with Crippen LogP contribution < -0.4 is 10.5 Å². The quantitative estimate of drug-likeness (QED) is 0.793. The van der Waals surface area contributed by atoms with Gasteiger partial charge in [0.1, 0.15) is 4.99 Å². The summed E-state index contributed by atoms with van der Waals surface area (Å²) in [6.07, 6.45) is 0. The number of nitrogens with two attached hydrogens (primary N) is 1. The third-order valence-electron chi connectivity index (χ3n) is 2.87. The first kappa shape index (κ1) is 15.9. The van der Waals surface area contributed by atoms with Gasteiger partial charge in [0.25, 0.3) is 10.0 Å². The number of aryl methyl sites for hydroxylation is 1. The fraction of sp³-hybridized carbons (Fsp3) is 0.0714. The van der Waals surface area contributed by atoms with Crippen molar-refractivity contribution >= 4 is 48.8 Å². The normalized spacial score (nSPS) is 11.1. The molecule has 0 bridgehead atoms. The Bertz CT molecular complexity index is 787. The minimum Gasteiger partial charge on any atom is -0.389 e. The van der Waals surface area contributed by atoms with Crippen molar-refractivity contribution in [2.75, 3.05) is 4.72 Å². The molecule has 0 aliphatic heterocycles. The number of thiocarbonyl (C=S) groups is 1. The lowest BCUT2D eigenvalue weighted by atomic mass is 10.1. The van der Waals surface area contributed by atoms with Crippen molar-refractivity contribution in [3.63, 3.8) is 0 Å². The van der Waals surface area contributed by atoms with Gasteiger partial charge in [0, 0.05) is 15.7 Å². The number of anilines is 1. The molecule has 0 saturated carbocycles. The van der Waals surface area contributed by atoms with Crippen LogP contribution in [0.25, 0.3) is 0 Å². The summed E-state index contributed by atoms with van der Waals surface area (Å²) in [5, 5.41) is 0. The number of rotatable bonds is 4. The van der Waals surface area contributed by atoms with Gasteiger partial charge in [0.05, 0.1) is 4.90 Å². The molecule has 0 aliphatic rings. The molecule has 7 heteroatoms. The number of benzene rings is 2. The standard InChI is InChI=1S/C14H13BrN2O2S2/c1-9-8-12(6-7-13(9)14(16)20)21(18,19)17-11-4-2-10(15)3-5-11/h2-8,17H,1H3,(H2,16,20). The summed E-state index contributed by atoms with van der Waals surface area (Å²) in [6.45, 7) is 1.77. The van der Waals surface area contributed by atoms with E-state index in [2.05, 4.69) is 20.7 Å². The van der Waals surface area contributed by atoms with Crippen molar-refractivity contribution in [2.45, 2.75) is 11.8 Å². The highest BCUT2D eigenvalue weighted by molar-refractivity contribution is 9.10. The summed E-state index contributed by atoms with van der Waals surface area (Å²) in [7, 11) is -3.64. The van der Waals surface area contributed by atoms with Gasteiger partial charge in [-0.1, -0.05) is 34.2 Å². The van der Waals surface area contributed by atoms with Crippen molar-refractivity contribution in [1.82, 2.24) is 0 Å². The number of halogens is 1. The Labute approximate surface area is 137 Å². The smallest absolute Gasteiger partial charge is 0.261 e. The second kappa shape index (κ2) is 6.13. The molecule has 0 aromatic heterocycles. The topological polar surface area (TPSA) is 72.2 Å². The van der Waals surface area contributed by atoms with E-state index in [1.54, 1.807) is 43.3 Å². The molecular formula is C14H13BrN2O2S2. The highest BCUT2D eigenvalue weighted by atomic mass is 79.9. The maximum atomic E-state index is 12.3. The summed E-state index contributed by atoms with van der Waals surface area (Å²) in [5.41, 5.74) is 7.47. The van der Waals surface area contributed by atoms with Gasteiger partial charge in [-0.2, -0.15) is 0 Å². The van der Waals surface area contributed by atoms with Crippen LogP contribution in [0.5, 0.6) is 0 Å². The SMILES string of the molecule is Cc1cc(S(=O)(=O)Nc2ccc(Br)cc2)ccc1C(N)=S. The van der Waals surface area contributed by atoms with Crippen molar-refractivity contribution in [1.29, 1.82) is 0 Å². The Hall–Kier alpha value is -1.44. The lowest BCUT2D eigenvalue weighted by Gasteiger charge is -2.10. The predicted molar refractivity (Wildman–Crippen MR) is 92.0 cm³/mol. The largest absolute Gasteiger partial charge is 0.389 e. The average Bonchev–Trinajstić information content (AvgIpc) is 2.40. The van der Waals surface area contributed by atoms with E-state index in [9.17, 15) is 8.42 Å². The first-order chi connectivity index (χ1) is 9.79. The molecule has 4 nitrogen and oxygen atoms in total. The molecule has 2 rings (SSSR count). The zero-order valence-corrected chi connectivity index (χ0v) is 14.3. The van der Waals surface area contributed by atoms with Crippen molar-refractivity contribution in [3.8, 4) is 0 Å². The third-order valence-corrected chi connectivity index (χ3v) is 5.00. The second-order valence-corrected chi connectivity index (χ2v) is 7.49. The number of hydrogen-bond donors (Lipinski definition) is 2. The molecule has 0 saturated heterocycles. The average molecular weight is 385 g/mol. The van der Waals surface area contributed by atoms with Crippen molar-refractivity contribution < 1.29 is 8.42 Å². The van der Waals surface area contributed by atoms with E-state index in [1.807, 2.05) is 0 Å². The number of nitrogens with one attached hydrogen (secondary N) is 1. The van der Waals surface area contributed by atoms with Gasteiger partial charge in [0.2, 0.25) is 0 Å². The second-order valence-electron chi connectivity index (χ2n) is 4.45. The van der Waals surface area contributed by atoms with Crippen LogP contribution in [-0.4, -0.2) is 13.4 Å². The van der Waals surface area contributed by atoms with E-state index in [4.69, 9.17) is 18.0 Å². The van der Waals surface area contributed by atoms with Crippen molar-refractivity contribution in [3.05, 3.63) is 58.1 Å². The summed E-state index contributed by atoms with van der Waals surface area (Å²) >= 11 is 8.21. The van der Waals surface area contributed by atoms with Crippen LogP contribution in [0.15, 0.2) is 51.8 Å². The van der Waals surface area contributed by atoms with E-state index in [-0.39, 0.29) is 9.88 Å². The fourth-order valence-electron chi connectivity index (χ4n) is 1.81. The molecule has 21 heavy (non-hydrogen) atoms. The highest BCUT2D eigenvalue weighted by Crippen LogP contribution is 2.20. The highest BCUT2D eigenvalue weighted by Gasteiger charge is 2.15. The molecule has 110 valence electrons. The number of sulfonamides is 1. The first-order valence-corrected chi connectivity index (χ1v) is 8.67. The zero-order chi connectivity index (χ0) is 15.6. The predicted octanol–water partition coefficient (Wildman–Crippen LogP) is 3.19. The van der Waals surface area contributed by atoms with Gasteiger partial charge < -0.3 is 5.73 Å². The lowest BCUT2D eigenvalue weighted by Crippen LogP contribution is -2.15. The molecule has 0 radical (unpaired) electrons. The molecule has 0 fully saturated rings. The van der Waals surface area contributed by atoms with Crippen molar-refractivity contribution in [2.24, 2.45) is 5.73 Å². The molecule has 2 aromatic carbocycles. The van der Waals surface area contributed by atoms with E-state index in [1.165, 1.54) is 6.07 Å². The summed E-state index contributed by atoms with van der Waals surface area (Å²) in [5.74, 6) is 0. The van der Waals surface area contributed by atoms with E-state index in [0.29, 0.717) is 11.3 Å². The van der Waals surface area contributed by atoms with Crippen LogP contribution >= 0.6 is 28.1 Å². The maximum Gasteiger partial charge on any atom is 0.261 e. The van der Waals surface area contributed by atoms with Crippen LogP contribution in [0.2, 0.25) is 0 Å². The monoisotopic (exact) mass is 384 g/mol. The minimum absolute atomic E-state index is 0.169. The molecule has 0 spiro atoms. The van der Waals surface area contributed by atoms with E-state index >= 15 is 0 Å². The Morgan fingerprint density at radius 2 is 1.81 bits per heavy atom. The van der Waals surface area contributed by atoms with Crippen LogP contribution in [-0.2, 0) is 10.0 Å². The minimum atomic E-state index is -3.64. The summed E-state index contributed by atoms with van der Waals surface area (Å²) < 4.78 is 28.1. The summed E-state index contributed by atoms with van der Waals surface area (Å²) in [6, 6.07) is 11.5. The van der Waals surface area contributed by atoms with Gasteiger partial charge in [-0.25, -0.2) is 8.42 Å². The van der Waals surface area contributed by atoms with Gasteiger partial charge >= 0.3 is 0 Å². The van der Waals surface area contributed by atoms with Gasteiger partial charge in [-0.3, -0.25) is 4.72 Å². The van der Waals surface area contributed by atoms with E-state index < -0.39 is 10.0 Å². The molecule has 0 amide bonds. The molecule has 0 atom stereocenters. The Morgan fingerprint density at radius 3 is 2.33 bits per heavy atom. The molecule has 3 N–H and O–H groups in total. The Balaban J connectivity index is 2.33. The molecule has 0 aliphatic carbocycles. The van der Waals surface area contributed by atoms with Crippen LogP contribution in [0.1, 0.15) is 11.1 Å². The van der Waals surface area contributed by atoms with Gasteiger partial charge in [-0.05, 0) is 48.9 Å². The Morgan fingerprint density at radius 1 is 1.19 bits per heavy atom. The van der Waals surface area contributed by atoms with Gasteiger partial charge in [0.15, 0.2) is 0 Å². The third kappa shape index (κ3) is 3.81. The van der Waals surface area contributed by atoms with Crippen LogP contribution in [0, 0.1) is 6.92 Å². The maximum absolute atomic E-state index is 12.3. The zero-order valence-electron chi connectivity index (χ0n) is 11.1. The van der Waals surface area contributed by atoms with Gasteiger partial charge in [-0.15, -0.1) is 0 Å². The van der Waals surface area contributed by atoms with Crippen LogP contribution in [0.3, 0.4) is 0 Å². The van der Waals surface area contributed by atoms with E-state index in [0.717, 1.165) is 10.0 Å². The first-order valence-electron chi connectivity index (χ1n) is 5.98. The molecule has 0 unspecified atom stereocenters. The fourth-order valence-corrected chi connectivity index (χ4v) is 3.45.